The van der Waals surface area contributed by atoms with Gasteiger partial charge in [-0.1, -0.05) is 56.9 Å². The van der Waals surface area contributed by atoms with Crippen molar-refractivity contribution in [2.75, 3.05) is 13.1 Å². The Bertz CT molecular complexity index is 817. The summed E-state index contributed by atoms with van der Waals surface area (Å²) in [6, 6.07) is 5.18. The molecule has 1 rings (SSSR count). The molecule has 1 aromatic rings. The number of nitrogens with one attached hydrogen (secondary N) is 2. The number of carbonyl (C=O) groups is 3. The van der Waals surface area contributed by atoms with Gasteiger partial charge in [0.1, 0.15) is 18.2 Å². The fourth-order valence-electron chi connectivity index (χ4n) is 3.83. The molecule has 0 saturated heterocycles. The first-order valence-electron chi connectivity index (χ1n) is 12.5. The molecule has 0 heterocycles. The lowest BCUT2D eigenvalue weighted by molar-refractivity contribution is -0.140. The van der Waals surface area contributed by atoms with Crippen molar-refractivity contribution in [3.05, 3.63) is 34.9 Å². The van der Waals surface area contributed by atoms with E-state index in [9.17, 15) is 14.4 Å². The largest absolute Gasteiger partial charge is 0.444 e. The molecule has 0 aromatic heterocycles. The number of benzene rings is 1. The second-order valence-corrected chi connectivity index (χ2v) is 10.1. The minimum Gasteiger partial charge on any atom is -0.444 e. The Labute approximate surface area is 206 Å². The Morgan fingerprint density at radius 2 is 1.74 bits per heavy atom. The lowest BCUT2D eigenvalue weighted by Crippen LogP contribution is -2.49. The van der Waals surface area contributed by atoms with E-state index in [4.69, 9.17) is 4.74 Å². The molecule has 1 aromatic carbocycles. The average Bonchev–Trinajstić information content (AvgIpc) is 2.72. The average molecular weight is 476 g/mol. The topological polar surface area (TPSA) is 87.7 Å². The highest BCUT2D eigenvalue weighted by atomic mass is 16.6. The SMILES string of the molecule is CCCCCN(C(=O)CNC(=O)OC(C)(C)C)C(C(=O)NC(C)CCC)c1cc(C)ccc1C. The lowest BCUT2D eigenvalue weighted by Gasteiger charge is -2.33. The molecule has 0 aliphatic rings. The van der Waals surface area contributed by atoms with Crippen molar-refractivity contribution in [3.8, 4) is 0 Å². The molecule has 2 unspecified atom stereocenters. The van der Waals surface area contributed by atoms with Crippen LogP contribution in [0.2, 0.25) is 0 Å². The second-order valence-electron chi connectivity index (χ2n) is 10.1. The van der Waals surface area contributed by atoms with E-state index in [0.717, 1.165) is 48.8 Å². The van der Waals surface area contributed by atoms with Gasteiger partial charge in [-0.2, -0.15) is 0 Å². The lowest BCUT2D eigenvalue weighted by atomic mass is 9.96. The molecule has 2 N–H and O–H groups in total. The number of alkyl carbamates (subject to hydrolysis) is 1. The zero-order valence-electron chi connectivity index (χ0n) is 22.4. The number of unbranched alkanes of at least 4 members (excludes halogenated alkanes) is 2. The standard InChI is InChI=1S/C27H45N3O4/c1-9-11-12-16-30(23(31)18-28-26(33)34-27(6,7)8)24(25(32)29-21(5)13-10-2)22-17-19(3)14-15-20(22)4/h14-15,17,21,24H,9-13,16,18H2,1-8H3,(H,28,33)(H,29,32). The minimum absolute atomic E-state index is 0.00222. The van der Waals surface area contributed by atoms with Crippen LogP contribution in [0.4, 0.5) is 4.79 Å². The molecular formula is C27H45N3O4. The van der Waals surface area contributed by atoms with Crippen molar-refractivity contribution in [3.63, 3.8) is 0 Å². The van der Waals surface area contributed by atoms with Gasteiger partial charge in [0, 0.05) is 12.6 Å². The maximum atomic E-state index is 13.6. The monoisotopic (exact) mass is 475 g/mol. The predicted octanol–water partition coefficient (Wildman–Crippen LogP) is 5.19. The number of hydrogen-bond acceptors (Lipinski definition) is 4. The Morgan fingerprint density at radius 3 is 2.32 bits per heavy atom. The van der Waals surface area contributed by atoms with Crippen LogP contribution < -0.4 is 10.6 Å². The molecule has 3 amide bonds. The quantitative estimate of drug-likeness (QED) is 0.407. The summed E-state index contributed by atoms with van der Waals surface area (Å²) >= 11 is 0. The van der Waals surface area contributed by atoms with Gasteiger partial charge in [-0.25, -0.2) is 4.79 Å². The van der Waals surface area contributed by atoms with Gasteiger partial charge in [0.2, 0.25) is 11.8 Å². The molecule has 0 bridgehead atoms. The highest BCUT2D eigenvalue weighted by molar-refractivity contribution is 5.90. The summed E-state index contributed by atoms with van der Waals surface area (Å²) in [7, 11) is 0. The first-order chi connectivity index (χ1) is 15.9. The highest BCUT2D eigenvalue weighted by Gasteiger charge is 2.33. The molecule has 0 aliphatic carbocycles. The maximum absolute atomic E-state index is 13.6. The fraction of sp³-hybridized carbons (Fsp3) is 0.667. The fourth-order valence-corrected chi connectivity index (χ4v) is 3.83. The van der Waals surface area contributed by atoms with Crippen LogP contribution in [0.15, 0.2) is 18.2 Å². The number of ether oxygens (including phenoxy) is 1. The first-order valence-corrected chi connectivity index (χ1v) is 12.5. The highest BCUT2D eigenvalue weighted by Crippen LogP contribution is 2.27. The van der Waals surface area contributed by atoms with Crippen molar-refractivity contribution < 1.29 is 19.1 Å². The van der Waals surface area contributed by atoms with Crippen molar-refractivity contribution in [1.29, 1.82) is 0 Å². The van der Waals surface area contributed by atoms with Gasteiger partial charge < -0.3 is 20.3 Å². The van der Waals surface area contributed by atoms with E-state index in [1.807, 2.05) is 39.0 Å². The van der Waals surface area contributed by atoms with Gasteiger partial charge in [-0.05, 0) is 65.5 Å². The van der Waals surface area contributed by atoms with Crippen molar-refractivity contribution in [2.24, 2.45) is 0 Å². The first kappa shape index (κ1) is 29.5. The number of nitrogens with zero attached hydrogens (tertiary/aromatic N) is 1. The van der Waals surface area contributed by atoms with E-state index < -0.39 is 17.7 Å². The van der Waals surface area contributed by atoms with Gasteiger partial charge in [-0.15, -0.1) is 0 Å². The molecule has 0 fully saturated rings. The number of carbonyl (C=O) groups excluding carboxylic acids is 3. The molecule has 7 nitrogen and oxygen atoms in total. The van der Waals surface area contributed by atoms with E-state index in [1.165, 1.54) is 0 Å². The smallest absolute Gasteiger partial charge is 0.408 e. The van der Waals surface area contributed by atoms with Crippen LogP contribution in [-0.4, -0.2) is 47.5 Å². The molecule has 2 atom stereocenters. The summed E-state index contributed by atoms with van der Waals surface area (Å²) in [5.74, 6) is -0.511. The number of aryl methyl sites for hydroxylation is 2. The van der Waals surface area contributed by atoms with Crippen LogP contribution >= 0.6 is 0 Å². The Morgan fingerprint density at radius 1 is 1.06 bits per heavy atom. The zero-order chi connectivity index (χ0) is 25.9. The third-order valence-electron chi connectivity index (χ3n) is 5.51. The van der Waals surface area contributed by atoms with Gasteiger partial charge in [-0.3, -0.25) is 9.59 Å². The Hall–Kier alpha value is -2.57. The summed E-state index contributed by atoms with van der Waals surface area (Å²) in [5, 5.41) is 5.66. The van der Waals surface area contributed by atoms with Crippen molar-refractivity contribution >= 4 is 17.9 Å². The molecule has 7 heteroatoms. The second kappa shape index (κ2) is 14.0. The van der Waals surface area contributed by atoms with Crippen LogP contribution in [0.3, 0.4) is 0 Å². The van der Waals surface area contributed by atoms with Crippen LogP contribution in [0, 0.1) is 13.8 Å². The molecule has 0 spiro atoms. The van der Waals surface area contributed by atoms with E-state index in [2.05, 4.69) is 24.5 Å². The molecule has 0 aliphatic heterocycles. The van der Waals surface area contributed by atoms with E-state index in [0.29, 0.717) is 6.54 Å². The maximum Gasteiger partial charge on any atom is 0.408 e. The zero-order valence-corrected chi connectivity index (χ0v) is 22.4. The van der Waals surface area contributed by atoms with Crippen LogP contribution in [0.25, 0.3) is 0 Å². The molecular weight excluding hydrogens is 430 g/mol. The Balaban J connectivity index is 3.29. The predicted molar refractivity (Wildman–Crippen MR) is 137 cm³/mol. The summed E-state index contributed by atoms with van der Waals surface area (Å²) in [6.07, 6.45) is 3.86. The van der Waals surface area contributed by atoms with E-state index >= 15 is 0 Å². The van der Waals surface area contributed by atoms with Gasteiger partial charge >= 0.3 is 6.09 Å². The van der Waals surface area contributed by atoms with Crippen LogP contribution in [-0.2, 0) is 14.3 Å². The summed E-state index contributed by atoms with van der Waals surface area (Å²) in [6.45, 7) is 15.6. The van der Waals surface area contributed by atoms with Crippen LogP contribution in [0.1, 0.15) is 96.4 Å². The molecule has 34 heavy (non-hydrogen) atoms. The number of rotatable bonds is 12. The van der Waals surface area contributed by atoms with E-state index in [-0.39, 0.29) is 24.4 Å². The molecule has 192 valence electrons. The van der Waals surface area contributed by atoms with E-state index in [1.54, 1.807) is 25.7 Å². The van der Waals surface area contributed by atoms with Crippen molar-refractivity contribution in [2.45, 2.75) is 105 Å². The minimum atomic E-state index is -0.774. The van der Waals surface area contributed by atoms with Crippen LogP contribution in [0.5, 0.6) is 0 Å². The summed E-state index contributed by atoms with van der Waals surface area (Å²) < 4.78 is 5.27. The summed E-state index contributed by atoms with van der Waals surface area (Å²) in [5.41, 5.74) is 2.11. The molecule has 0 radical (unpaired) electrons. The third kappa shape index (κ3) is 10.1. The number of hydrogen-bond donors (Lipinski definition) is 2. The number of amides is 3. The van der Waals surface area contributed by atoms with Gasteiger partial charge in [0.25, 0.3) is 0 Å². The summed E-state index contributed by atoms with van der Waals surface area (Å²) in [4.78, 5) is 40.8. The third-order valence-corrected chi connectivity index (χ3v) is 5.51. The molecule has 0 saturated carbocycles. The van der Waals surface area contributed by atoms with Gasteiger partial charge in [0.15, 0.2) is 0 Å². The Kier molecular flexibility index (Phi) is 12.1. The normalized spacial score (nSPS) is 13.1. The van der Waals surface area contributed by atoms with Gasteiger partial charge in [0.05, 0.1) is 0 Å². The van der Waals surface area contributed by atoms with Crippen molar-refractivity contribution in [1.82, 2.24) is 15.5 Å².